The van der Waals surface area contributed by atoms with E-state index in [2.05, 4.69) is 6.07 Å². The van der Waals surface area contributed by atoms with Crippen LogP contribution in [-0.4, -0.2) is 31.0 Å². The van der Waals surface area contributed by atoms with Crippen molar-refractivity contribution in [2.45, 2.75) is 32.5 Å². The lowest BCUT2D eigenvalue weighted by Crippen LogP contribution is -2.17. The van der Waals surface area contributed by atoms with Crippen molar-refractivity contribution in [3.63, 3.8) is 0 Å². The Hall–Kier alpha value is -0.900. The van der Waals surface area contributed by atoms with Crippen LogP contribution in [0.5, 0.6) is 0 Å². The third kappa shape index (κ3) is 3.53. The van der Waals surface area contributed by atoms with Gasteiger partial charge < -0.3 is 14.6 Å². The summed E-state index contributed by atoms with van der Waals surface area (Å²) in [5.41, 5.74) is 3.27. The molecule has 1 aliphatic rings. The fourth-order valence-corrected chi connectivity index (χ4v) is 2.17. The first-order valence-electron chi connectivity index (χ1n) is 6.11. The van der Waals surface area contributed by atoms with Crippen LogP contribution in [0.2, 0.25) is 0 Å². The summed E-state index contributed by atoms with van der Waals surface area (Å²) in [7, 11) is 0. The molecule has 1 aliphatic heterocycles. The molecule has 0 aliphatic carbocycles. The molecule has 17 heavy (non-hydrogen) atoms. The molecule has 3 heteroatoms. The highest BCUT2D eigenvalue weighted by molar-refractivity contribution is 5.29. The molecular formula is C14H20O3. The monoisotopic (exact) mass is 236 g/mol. The van der Waals surface area contributed by atoms with Gasteiger partial charge >= 0.3 is 0 Å². The van der Waals surface area contributed by atoms with Crippen molar-refractivity contribution in [3.05, 3.63) is 34.9 Å². The van der Waals surface area contributed by atoms with Crippen LogP contribution in [0.3, 0.4) is 0 Å². The van der Waals surface area contributed by atoms with E-state index in [4.69, 9.17) is 9.47 Å². The quantitative estimate of drug-likeness (QED) is 0.870. The molecule has 0 saturated carbocycles. The van der Waals surface area contributed by atoms with Crippen LogP contribution in [0, 0.1) is 13.8 Å². The van der Waals surface area contributed by atoms with Crippen molar-refractivity contribution in [2.24, 2.45) is 0 Å². The maximum atomic E-state index is 10.1. The maximum absolute atomic E-state index is 10.1. The van der Waals surface area contributed by atoms with Crippen LogP contribution in [0.1, 0.15) is 29.2 Å². The van der Waals surface area contributed by atoms with Gasteiger partial charge in [-0.05, 0) is 25.8 Å². The molecular weight excluding hydrogens is 216 g/mol. The number of benzene rings is 1. The van der Waals surface area contributed by atoms with Gasteiger partial charge in [-0.25, -0.2) is 0 Å². The van der Waals surface area contributed by atoms with Crippen LogP contribution in [-0.2, 0) is 9.47 Å². The topological polar surface area (TPSA) is 38.7 Å². The molecule has 1 aromatic carbocycles. The first-order valence-corrected chi connectivity index (χ1v) is 6.11. The lowest BCUT2D eigenvalue weighted by Gasteiger charge is -2.16. The van der Waals surface area contributed by atoms with Gasteiger partial charge in [0.25, 0.3) is 0 Å². The van der Waals surface area contributed by atoms with Crippen LogP contribution in [0.15, 0.2) is 18.2 Å². The Labute approximate surface area is 102 Å². The summed E-state index contributed by atoms with van der Waals surface area (Å²) >= 11 is 0. The Morgan fingerprint density at radius 1 is 1.35 bits per heavy atom. The Bertz CT molecular complexity index is 349. The van der Waals surface area contributed by atoms with Gasteiger partial charge in [-0.3, -0.25) is 0 Å². The van der Waals surface area contributed by atoms with Gasteiger partial charge in [0.1, 0.15) is 6.10 Å². The lowest BCUT2D eigenvalue weighted by molar-refractivity contribution is -0.0131. The Morgan fingerprint density at radius 3 is 2.65 bits per heavy atom. The fraction of sp³-hybridized carbons (Fsp3) is 0.571. The molecule has 2 atom stereocenters. The van der Waals surface area contributed by atoms with Crippen LogP contribution < -0.4 is 0 Å². The van der Waals surface area contributed by atoms with Crippen LogP contribution in [0.4, 0.5) is 0 Å². The predicted octanol–water partition coefficient (Wildman–Crippen LogP) is 2.14. The molecule has 0 spiro atoms. The van der Waals surface area contributed by atoms with Crippen LogP contribution in [0.25, 0.3) is 0 Å². The molecule has 0 radical (unpaired) electrons. The van der Waals surface area contributed by atoms with Crippen molar-refractivity contribution >= 4 is 0 Å². The smallest absolute Gasteiger partial charge is 0.102 e. The number of hydrogen-bond donors (Lipinski definition) is 1. The second-order valence-electron chi connectivity index (χ2n) is 4.76. The van der Waals surface area contributed by atoms with Crippen molar-refractivity contribution < 1.29 is 14.6 Å². The summed E-state index contributed by atoms with van der Waals surface area (Å²) in [4.78, 5) is 0. The van der Waals surface area contributed by atoms with E-state index in [9.17, 15) is 5.11 Å². The minimum Gasteiger partial charge on any atom is -0.386 e. The van der Waals surface area contributed by atoms with Crippen LogP contribution >= 0.6 is 0 Å². The van der Waals surface area contributed by atoms with E-state index < -0.39 is 6.10 Å². The SMILES string of the molecule is Cc1cc(C)cc(C(O)COC2CCOC2)c1. The largest absolute Gasteiger partial charge is 0.386 e. The highest BCUT2D eigenvalue weighted by Crippen LogP contribution is 2.19. The molecule has 1 heterocycles. The summed E-state index contributed by atoms with van der Waals surface area (Å²) in [6.45, 7) is 5.84. The average molecular weight is 236 g/mol. The third-order valence-corrected chi connectivity index (χ3v) is 3.01. The summed E-state index contributed by atoms with van der Waals surface area (Å²) in [6, 6.07) is 6.11. The first-order chi connectivity index (χ1) is 8.15. The van der Waals surface area contributed by atoms with Crippen molar-refractivity contribution in [1.29, 1.82) is 0 Å². The summed E-state index contributed by atoms with van der Waals surface area (Å²) < 4.78 is 10.9. The Balaban J connectivity index is 1.91. The van der Waals surface area contributed by atoms with Gasteiger partial charge in [-0.2, -0.15) is 0 Å². The van der Waals surface area contributed by atoms with Gasteiger partial charge in [0.15, 0.2) is 0 Å². The fourth-order valence-electron chi connectivity index (χ4n) is 2.17. The highest BCUT2D eigenvalue weighted by atomic mass is 16.5. The number of aliphatic hydroxyl groups excluding tert-OH is 1. The molecule has 1 saturated heterocycles. The molecule has 2 rings (SSSR count). The number of aliphatic hydroxyl groups is 1. The zero-order valence-electron chi connectivity index (χ0n) is 10.5. The third-order valence-electron chi connectivity index (χ3n) is 3.01. The first kappa shape index (κ1) is 12.6. The molecule has 1 aromatic rings. The van der Waals surface area contributed by atoms with E-state index in [-0.39, 0.29) is 6.10 Å². The van der Waals surface area contributed by atoms with Gasteiger partial charge in [0, 0.05) is 6.61 Å². The molecule has 2 unspecified atom stereocenters. The minimum absolute atomic E-state index is 0.149. The van der Waals surface area contributed by atoms with Crippen molar-refractivity contribution in [1.82, 2.24) is 0 Å². The zero-order chi connectivity index (χ0) is 12.3. The molecule has 0 aromatic heterocycles. The maximum Gasteiger partial charge on any atom is 0.102 e. The second-order valence-corrected chi connectivity index (χ2v) is 4.76. The van der Waals surface area contributed by atoms with Crippen molar-refractivity contribution in [2.75, 3.05) is 19.8 Å². The molecule has 0 amide bonds. The van der Waals surface area contributed by atoms with E-state index >= 15 is 0 Å². The van der Waals surface area contributed by atoms with E-state index in [0.717, 1.165) is 18.6 Å². The molecule has 94 valence electrons. The second kappa shape index (κ2) is 5.63. The van der Waals surface area contributed by atoms with Gasteiger partial charge in [-0.1, -0.05) is 29.3 Å². The number of rotatable bonds is 4. The summed E-state index contributed by atoms with van der Waals surface area (Å²) in [6.07, 6.45) is 0.532. The highest BCUT2D eigenvalue weighted by Gasteiger charge is 2.18. The number of hydrogen-bond acceptors (Lipinski definition) is 3. The normalized spacial score (nSPS) is 21.7. The Morgan fingerprint density at radius 2 is 2.06 bits per heavy atom. The molecule has 3 nitrogen and oxygen atoms in total. The van der Waals surface area contributed by atoms with Gasteiger partial charge in [0.2, 0.25) is 0 Å². The Kier molecular flexibility index (Phi) is 4.15. The molecule has 0 bridgehead atoms. The average Bonchev–Trinajstić information content (AvgIpc) is 2.77. The minimum atomic E-state index is -0.547. The molecule has 1 N–H and O–H groups in total. The van der Waals surface area contributed by atoms with E-state index in [0.29, 0.717) is 13.2 Å². The summed E-state index contributed by atoms with van der Waals surface area (Å²) in [5.74, 6) is 0. The van der Waals surface area contributed by atoms with Gasteiger partial charge in [-0.15, -0.1) is 0 Å². The predicted molar refractivity (Wildman–Crippen MR) is 66.1 cm³/mol. The zero-order valence-corrected chi connectivity index (χ0v) is 10.5. The van der Waals surface area contributed by atoms with Crippen molar-refractivity contribution in [3.8, 4) is 0 Å². The van der Waals surface area contributed by atoms with E-state index in [1.54, 1.807) is 0 Å². The summed E-state index contributed by atoms with van der Waals surface area (Å²) in [5, 5.41) is 10.1. The van der Waals surface area contributed by atoms with E-state index in [1.165, 1.54) is 11.1 Å². The lowest BCUT2D eigenvalue weighted by atomic mass is 10.0. The van der Waals surface area contributed by atoms with Gasteiger partial charge in [0.05, 0.1) is 19.3 Å². The van der Waals surface area contributed by atoms with E-state index in [1.807, 2.05) is 26.0 Å². The number of ether oxygens (including phenoxy) is 2. The number of aryl methyl sites for hydroxylation is 2. The molecule has 1 fully saturated rings. The standard InChI is InChI=1S/C14H20O3/c1-10-5-11(2)7-12(6-10)14(15)9-17-13-3-4-16-8-13/h5-7,13-15H,3-4,8-9H2,1-2H3.